The van der Waals surface area contributed by atoms with Gasteiger partial charge in [-0.3, -0.25) is 24.4 Å². The minimum absolute atomic E-state index is 0.0989. The van der Waals surface area contributed by atoms with Gasteiger partial charge < -0.3 is 10.4 Å². The number of nitrogens with zero attached hydrogens (tertiary/aromatic N) is 1. The topological polar surface area (TPSA) is 156 Å². The molecule has 2 aromatic rings. The minimum Gasteiger partial charge on any atom is -0.481 e. The fourth-order valence-corrected chi connectivity index (χ4v) is 3.65. The molecule has 0 saturated heterocycles. The van der Waals surface area contributed by atoms with Crippen molar-refractivity contribution in [3.8, 4) is 0 Å². The second-order valence-corrected chi connectivity index (χ2v) is 8.08. The first-order chi connectivity index (χ1) is 14.2. The lowest BCUT2D eigenvalue weighted by molar-refractivity contribution is -0.385. The fourth-order valence-electron chi connectivity index (χ4n) is 2.55. The van der Waals surface area contributed by atoms with Crippen molar-refractivity contribution in [1.82, 2.24) is 5.32 Å². The van der Waals surface area contributed by atoms with E-state index < -0.39 is 20.9 Å². The van der Waals surface area contributed by atoms with Gasteiger partial charge in [0.15, 0.2) is 0 Å². The Morgan fingerprint density at radius 3 is 2.37 bits per heavy atom. The molecule has 3 N–H and O–H groups in total. The van der Waals surface area contributed by atoms with Crippen LogP contribution in [0.4, 0.5) is 11.4 Å². The van der Waals surface area contributed by atoms with Gasteiger partial charge in [-0.25, -0.2) is 8.42 Å². The molecular formula is C19H21N3O7S. The van der Waals surface area contributed by atoms with Crippen molar-refractivity contribution in [2.24, 2.45) is 0 Å². The van der Waals surface area contributed by atoms with Crippen LogP contribution in [0.25, 0.3) is 0 Å². The van der Waals surface area contributed by atoms with Gasteiger partial charge in [0.05, 0.1) is 9.82 Å². The molecule has 1 amide bonds. The molecule has 2 aromatic carbocycles. The molecule has 30 heavy (non-hydrogen) atoms. The van der Waals surface area contributed by atoms with Crippen LogP contribution in [0.15, 0.2) is 53.4 Å². The summed E-state index contributed by atoms with van der Waals surface area (Å²) in [5.74, 6) is -1.18. The lowest BCUT2D eigenvalue weighted by Crippen LogP contribution is -2.24. The third kappa shape index (κ3) is 6.85. The third-order valence-corrected chi connectivity index (χ3v) is 5.47. The number of carbonyl (C=O) groups excluding carboxylic acids is 1. The highest BCUT2D eigenvalue weighted by atomic mass is 32.2. The van der Waals surface area contributed by atoms with Gasteiger partial charge in [-0.2, -0.15) is 0 Å². The van der Waals surface area contributed by atoms with Crippen molar-refractivity contribution < 1.29 is 28.0 Å². The first-order valence-corrected chi connectivity index (χ1v) is 10.5. The summed E-state index contributed by atoms with van der Waals surface area (Å²) in [6, 6.07) is 10.4. The van der Waals surface area contributed by atoms with Crippen molar-refractivity contribution >= 4 is 33.3 Å². The molecule has 2 rings (SSSR count). The summed E-state index contributed by atoms with van der Waals surface area (Å²) in [5.41, 5.74) is 0.193. The van der Waals surface area contributed by atoms with Crippen molar-refractivity contribution in [2.75, 3.05) is 11.3 Å². The molecule has 0 radical (unpaired) electrons. The molecule has 0 atom stereocenters. The summed E-state index contributed by atoms with van der Waals surface area (Å²) in [4.78, 5) is 32.4. The highest BCUT2D eigenvalue weighted by Crippen LogP contribution is 2.20. The molecule has 0 bridgehead atoms. The van der Waals surface area contributed by atoms with Gasteiger partial charge in [0.25, 0.3) is 21.6 Å². The number of anilines is 1. The van der Waals surface area contributed by atoms with E-state index in [1.807, 2.05) is 0 Å². The molecule has 11 heteroatoms. The largest absolute Gasteiger partial charge is 0.481 e. The van der Waals surface area contributed by atoms with E-state index in [2.05, 4.69) is 10.0 Å². The fraction of sp³-hybridized carbons (Fsp3) is 0.263. The Bertz CT molecular complexity index is 1020. The van der Waals surface area contributed by atoms with Crippen LogP contribution in [0.1, 0.15) is 36.0 Å². The monoisotopic (exact) mass is 435 g/mol. The van der Waals surface area contributed by atoms with Crippen molar-refractivity contribution in [2.45, 2.75) is 30.6 Å². The molecule has 0 aliphatic carbocycles. The number of nitro benzene ring substituents is 1. The molecule has 0 fully saturated rings. The number of carbonyl (C=O) groups is 2. The third-order valence-electron chi connectivity index (χ3n) is 4.09. The highest BCUT2D eigenvalue weighted by Gasteiger charge is 2.18. The number of nitro groups is 1. The van der Waals surface area contributed by atoms with Gasteiger partial charge in [0.2, 0.25) is 0 Å². The average molecular weight is 435 g/mol. The number of sulfonamides is 1. The predicted molar refractivity (Wildman–Crippen MR) is 109 cm³/mol. The standard InChI is InChI=1S/C19H21N3O7S/c23-18(24)7-2-1-3-12-20-19(25)14-8-10-15(11-9-14)21-30(28,29)17-6-4-5-16(13-17)22(26)27/h4-6,8-11,13,21H,1-3,7,12H2,(H,20,25)(H,23,24). The first-order valence-electron chi connectivity index (χ1n) is 9.06. The molecule has 0 aliphatic heterocycles. The molecule has 0 aromatic heterocycles. The number of hydrogen-bond acceptors (Lipinski definition) is 6. The van der Waals surface area contributed by atoms with Crippen LogP contribution in [0.2, 0.25) is 0 Å². The number of non-ortho nitro benzene ring substituents is 1. The Hall–Kier alpha value is -3.47. The minimum atomic E-state index is -4.03. The Kier molecular flexibility index (Phi) is 7.87. The van der Waals surface area contributed by atoms with Crippen LogP contribution in [-0.2, 0) is 14.8 Å². The number of benzene rings is 2. The number of unbranched alkanes of at least 4 members (excludes halogenated alkanes) is 2. The van der Waals surface area contributed by atoms with E-state index in [1.165, 1.54) is 42.5 Å². The summed E-state index contributed by atoms with van der Waals surface area (Å²) < 4.78 is 27.1. The lowest BCUT2D eigenvalue weighted by Gasteiger charge is -2.09. The lowest BCUT2D eigenvalue weighted by atomic mass is 10.1. The van der Waals surface area contributed by atoms with Crippen LogP contribution in [0.5, 0.6) is 0 Å². The number of aliphatic carboxylic acids is 1. The summed E-state index contributed by atoms with van der Waals surface area (Å²) in [6.07, 6.45) is 1.98. The Balaban J connectivity index is 1.92. The molecule has 0 spiro atoms. The molecule has 10 nitrogen and oxygen atoms in total. The molecule has 0 saturated carbocycles. The van der Waals surface area contributed by atoms with Gasteiger partial charge in [0, 0.05) is 36.3 Å². The molecule has 0 unspecified atom stereocenters. The van der Waals surface area contributed by atoms with E-state index >= 15 is 0 Å². The number of hydrogen-bond donors (Lipinski definition) is 3. The second kappa shape index (κ2) is 10.3. The zero-order valence-electron chi connectivity index (χ0n) is 15.9. The van der Waals surface area contributed by atoms with E-state index in [4.69, 9.17) is 5.11 Å². The molecule has 160 valence electrons. The SMILES string of the molecule is O=C(O)CCCCCNC(=O)c1ccc(NS(=O)(=O)c2cccc([N+](=O)[O-])c2)cc1. The van der Waals surface area contributed by atoms with Crippen LogP contribution in [-0.4, -0.2) is 36.9 Å². The van der Waals surface area contributed by atoms with Crippen LogP contribution >= 0.6 is 0 Å². The average Bonchev–Trinajstić information content (AvgIpc) is 2.70. The predicted octanol–water partition coefficient (Wildman–Crippen LogP) is 2.77. The molecule has 0 heterocycles. The molecule has 0 aliphatic rings. The van der Waals surface area contributed by atoms with Gasteiger partial charge >= 0.3 is 5.97 Å². The van der Waals surface area contributed by atoms with Gasteiger partial charge in [-0.05, 0) is 43.2 Å². The second-order valence-electron chi connectivity index (χ2n) is 6.40. The Morgan fingerprint density at radius 2 is 1.73 bits per heavy atom. The summed E-state index contributed by atoms with van der Waals surface area (Å²) in [7, 11) is -4.03. The van der Waals surface area contributed by atoms with Gasteiger partial charge in [0.1, 0.15) is 0 Å². The zero-order valence-corrected chi connectivity index (χ0v) is 16.7. The first kappa shape index (κ1) is 22.8. The van der Waals surface area contributed by atoms with E-state index in [0.717, 1.165) is 6.07 Å². The normalized spacial score (nSPS) is 10.9. The number of rotatable bonds is 11. The summed E-state index contributed by atoms with van der Waals surface area (Å²) >= 11 is 0. The van der Waals surface area contributed by atoms with Crippen molar-refractivity contribution in [3.05, 3.63) is 64.2 Å². The number of carboxylic acids is 1. The Labute approximate surface area is 173 Å². The maximum absolute atomic E-state index is 12.4. The van der Waals surface area contributed by atoms with Crippen LogP contribution in [0.3, 0.4) is 0 Å². The van der Waals surface area contributed by atoms with Crippen molar-refractivity contribution in [3.63, 3.8) is 0 Å². The van der Waals surface area contributed by atoms with E-state index in [1.54, 1.807) is 0 Å². The van der Waals surface area contributed by atoms with Crippen LogP contribution < -0.4 is 10.0 Å². The summed E-state index contributed by atoms with van der Waals surface area (Å²) in [5, 5.41) is 22.1. The highest BCUT2D eigenvalue weighted by molar-refractivity contribution is 7.92. The van der Waals surface area contributed by atoms with E-state index in [-0.39, 0.29) is 28.6 Å². The maximum Gasteiger partial charge on any atom is 0.303 e. The molecular weight excluding hydrogens is 414 g/mol. The maximum atomic E-state index is 12.4. The van der Waals surface area contributed by atoms with E-state index in [0.29, 0.717) is 31.4 Å². The zero-order chi connectivity index (χ0) is 22.1. The summed E-state index contributed by atoms with van der Waals surface area (Å²) in [6.45, 7) is 0.402. The van der Waals surface area contributed by atoms with Crippen LogP contribution in [0, 0.1) is 10.1 Å². The number of carboxylic acid groups (broad SMARTS) is 1. The number of nitrogens with one attached hydrogen (secondary N) is 2. The van der Waals surface area contributed by atoms with Gasteiger partial charge in [-0.1, -0.05) is 12.5 Å². The van der Waals surface area contributed by atoms with Crippen molar-refractivity contribution in [1.29, 1.82) is 0 Å². The number of amides is 1. The van der Waals surface area contributed by atoms with E-state index in [9.17, 15) is 28.1 Å². The van der Waals surface area contributed by atoms with Gasteiger partial charge in [-0.15, -0.1) is 0 Å². The smallest absolute Gasteiger partial charge is 0.303 e. The Morgan fingerprint density at radius 1 is 1.03 bits per heavy atom. The quantitative estimate of drug-likeness (QED) is 0.278.